The van der Waals surface area contributed by atoms with Crippen LogP contribution < -0.4 is 5.32 Å². The minimum atomic E-state index is 0.919. The van der Waals surface area contributed by atoms with Gasteiger partial charge in [0.05, 0.1) is 0 Å². The molecule has 0 saturated heterocycles. The Morgan fingerprint density at radius 1 is 1.28 bits per heavy atom. The molecule has 0 aliphatic heterocycles. The fourth-order valence-corrected chi connectivity index (χ4v) is 2.89. The first-order valence-electron chi connectivity index (χ1n) is 6.00. The standard InChI is InChI=1S/C14H17N3S/c1-4-12-13(15-3)16-9-17-14(12)18-11-7-5-6-10(2)8-11/h5-9H,4H2,1-3H3,(H,15,16,17). The molecule has 2 rings (SSSR count). The summed E-state index contributed by atoms with van der Waals surface area (Å²) in [6, 6.07) is 8.46. The number of nitrogens with zero attached hydrogens (tertiary/aromatic N) is 2. The molecule has 2 aromatic rings. The number of hydrogen-bond acceptors (Lipinski definition) is 4. The Morgan fingerprint density at radius 3 is 2.78 bits per heavy atom. The van der Waals surface area contributed by atoms with Crippen molar-refractivity contribution in [3.63, 3.8) is 0 Å². The third kappa shape index (κ3) is 2.82. The summed E-state index contributed by atoms with van der Waals surface area (Å²) in [4.78, 5) is 9.86. The maximum absolute atomic E-state index is 4.39. The average molecular weight is 259 g/mol. The molecule has 0 amide bonds. The summed E-state index contributed by atoms with van der Waals surface area (Å²) in [5, 5.41) is 4.15. The molecule has 0 saturated carbocycles. The SMILES string of the molecule is CCc1c(NC)ncnc1Sc1cccc(C)c1. The highest BCUT2D eigenvalue weighted by atomic mass is 32.2. The first-order chi connectivity index (χ1) is 8.74. The number of benzene rings is 1. The lowest BCUT2D eigenvalue weighted by molar-refractivity contribution is 0.946. The summed E-state index contributed by atoms with van der Waals surface area (Å²) in [5.41, 5.74) is 2.44. The Hall–Kier alpha value is -1.55. The van der Waals surface area contributed by atoms with Crippen molar-refractivity contribution in [3.8, 4) is 0 Å². The lowest BCUT2D eigenvalue weighted by Crippen LogP contribution is -2.01. The van der Waals surface area contributed by atoms with Crippen molar-refractivity contribution in [1.29, 1.82) is 0 Å². The van der Waals surface area contributed by atoms with Gasteiger partial charge in [0.25, 0.3) is 0 Å². The normalized spacial score (nSPS) is 10.4. The fraction of sp³-hybridized carbons (Fsp3) is 0.286. The second-order valence-electron chi connectivity index (χ2n) is 4.03. The van der Waals surface area contributed by atoms with Gasteiger partial charge in [0.15, 0.2) is 0 Å². The summed E-state index contributed by atoms with van der Waals surface area (Å²) in [6.45, 7) is 4.23. The first-order valence-corrected chi connectivity index (χ1v) is 6.82. The van der Waals surface area contributed by atoms with Gasteiger partial charge in [-0.2, -0.15) is 0 Å². The zero-order valence-corrected chi connectivity index (χ0v) is 11.7. The van der Waals surface area contributed by atoms with Gasteiger partial charge in [-0.05, 0) is 25.5 Å². The van der Waals surface area contributed by atoms with Crippen molar-refractivity contribution < 1.29 is 0 Å². The molecular formula is C14H17N3S. The Labute approximate surface area is 112 Å². The summed E-state index contributed by atoms with van der Waals surface area (Å²) < 4.78 is 0. The van der Waals surface area contributed by atoms with Crippen LogP contribution in [0.15, 0.2) is 40.5 Å². The average Bonchev–Trinajstić information content (AvgIpc) is 2.38. The molecule has 0 bridgehead atoms. The molecule has 1 heterocycles. The number of anilines is 1. The highest BCUT2D eigenvalue weighted by Crippen LogP contribution is 2.31. The van der Waals surface area contributed by atoms with Crippen LogP contribution in [-0.2, 0) is 6.42 Å². The Kier molecular flexibility index (Phi) is 4.20. The lowest BCUT2D eigenvalue weighted by Gasteiger charge is -2.10. The molecule has 0 radical (unpaired) electrons. The maximum Gasteiger partial charge on any atom is 0.133 e. The molecule has 0 aliphatic carbocycles. The van der Waals surface area contributed by atoms with Crippen LogP contribution in [0.3, 0.4) is 0 Å². The minimum Gasteiger partial charge on any atom is -0.373 e. The second-order valence-corrected chi connectivity index (χ2v) is 5.09. The van der Waals surface area contributed by atoms with Crippen LogP contribution >= 0.6 is 11.8 Å². The largest absolute Gasteiger partial charge is 0.373 e. The molecule has 0 spiro atoms. The molecule has 3 nitrogen and oxygen atoms in total. The predicted octanol–water partition coefficient (Wildman–Crippen LogP) is 3.54. The van der Waals surface area contributed by atoms with Crippen LogP contribution in [0.2, 0.25) is 0 Å². The summed E-state index contributed by atoms with van der Waals surface area (Å²) in [7, 11) is 1.89. The van der Waals surface area contributed by atoms with E-state index in [1.807, 2.05) is 7.05 Å². The number of nitrogens with one attached hydrogen (secondary N) is 1. The number of hydrogen-bond donors (Lipinski definition) is 1. The predicted molar refractivity (Wildman–Crippen MR) is 76.3 cm³/mol. The molecule has 1 N–H and O–H groups in total. The van der Waals surface area contributed by atoms with Gasteiger partial charge in [-0.1, -0.05) is 36.4 Å². The van der Waals surface area contributed by atoms with E-state index in [9.17, 15) is 0 Å². The van der Waals surface area contributed by atoms with E-state index in [1.54, 1.807) is 18.1 Å². The Bertz CT molecular complexity index is 540. The van der Waals surface area contributed by atoms with Crippen LogP contribution in [0.5, 0.6) is 0 Å². The third-order valence-electron chi connectivity index (χ3n) is 2.70. The molecule has 4 heteroatoms. The van der Waals surface area contributed by atoms with Crippen LogP contribution in [0.25, 0.3) is 0 Å². The summed E-state index contributed by atoms with van der Waals surface area (Å²) in [6.07, 6.45) is 2.54. The van der Waals surface area contributed by atoms with Gasteiger partial charge in [-0.25, -0.2) is 9.97 Å². The van der Waals surface area contributed by atoms with E-state index in [0.29, 0.717) is 0 Å². The van der Waals surface area contributed by atoms with Crippen molar-refractivity contribution in [3.05, 3.63) is 41.7 Å². The van der Waals surface area contributed by atoms with Gasteiger partial charge >= 0.3 is 0 Å². The highest BCUT2D eigenvalue weighted by Gasteiger charge is 2.09. The number of rotatable bonds is 4. The monoisotopic (exact) mass is 259 g/mol. The summed E-state index contributed by atoms with van der Waals surface area (Å²) in [5.74, 6) is 0.919. The molecule has 1 aromatic carbocycles. The van der Waals surface area contributed by atoms with Gasteiger partial charge in [0, 0.05) is 17.5 Å². The molecular weight excluding hydrogens is 242 g/mol. The minimum absolute atomic E-state index is 0.919. The van der Waals surface area contributed by atoms with E-state index in [1.165, 1.54) is 16.0 Å². The topological polar surface area (TPSA) is 37.8 Å². The zero-order valence-electron chi connectivity index (χ0n) is 10.9. The molecule has 0 atom stereocenters. The lowest BCUT2D eigenvalue weighted by atomic mass is 10.2. The fourth-order valence-electron chi connectivity index (χ4n) is 1.81. The highest BCUT2D eigenvalue weighted by molar-refractivity contribution is 7.99. The van der Waals surface area contributed by atoms with Crippen LogP contribution in [0, 0.1) is 6.92 Å². The van der Waals surface area contributed by atoms with Crippen molar-refractivity contribution >= 4 is 17.6 Å². The van der Waals surface area contributed by atoms with Crippen LogP contribution in [-0.4, -0.2) is 17.0 Å². The first kappa shape index (κ1) is 12.9. The zero-order chi connectivity index (χ0) is 13.0. The van der Waals surface area contributed by atoms with Crippen molar-refractivity contribution in [2.75, 3.05) is 12.4 Å². The van der Waals surface area contributed by atoms with Crippen LogP contribution in [0.1, 0.15) is 18.1 Å². The molecule has 18 heavy (non-hydrogen) atoms. The second kappa shape index (κ2) is 5.87. The Morgan fingerprint density at radius 2 is 2.11 bits per heavy atom. The smallest absolute Gasteiger partial charge is 0.133 e. The molecule has 0 unspecified atom stereocenters. The Balaban J connectivity index is 2.34. The van der Waals surface area contributed by atoms with E-state index in [-0.39, 0.29) is 0 Å². The van der Waals surface area contributed by atoms with Gasteiger partial charge in [-0.15, -0.1) is 0 Å². The van der Waals surface area contributed by atoms with E-state index < -0.39 is 0 Å². The van der Waals surface area contributed by atoms with Gasteiger partial charge < -0.3 is 5.32 Å². The van der Waals surface area contributed by atoms with Crippen molar-refractivity contribution in [2.45, 2.75) is 30.2 Å². The van der Waals surface area contributed by atoms with Gasteiger partial charge in [-0.3, -0.25) is 0 Å². The molecule has 0 fully saturated rings. The third-order valence-corrected chi connectivity index (χ3v) is 3.74. The maximum atomic E-state index is 4.39. The van der Waals surface area contributed by atoms with E-state index >= 15 is 0 Å². The molecule has 0 aliphatic rings. The number of aromatic nitrogens is 2. The van der Waals surface area contributed by atoms with E-state index in [4.69, 9.17) is 0 Å². The van der Waals surface area contributed by atoms with Gasteiger partial charge in [0.2, 0.25) is 0 Å². The van der Waals surface area contributed by atoms with Crippen LogP contribution in [0.4, 0.5) is 5.82 Å². The molecule has 1 aromatic heterocycles. The quantitative estimate of drug-likeness (QED) is 0.852. The van der Waals surface area contributed by atoms with E-state index in [2.05, 4.69) is 53.4 Å². The molecule has 94 valence electrons. The van der Waals surface area contributed by atoms with E-state index in [0.717, 1.165) is 17.3 Å². The van der Waals surface area contributed by atoms with Gasteiger partial charge in [0.1, 0.15) is 17.2 Å². The number of aryl methyl sites for hydroxylation is 1. The van der Waals surface area contributed by atoms with Crippen molar-refractivity contribution in [2.24, 2.45) is 0 Å². The van der Waals surface area contributed by atoms with Crippen molar-refractivity contribution in [1.82, 2.24) is 9.97 Å². The summed E-state index contributed by atoms with van der Waals surface area (Å²) >= 11 is 1.69.